The van der Waals surface area contributed by atoms with Gasteiger partial charge in [0, 0.05) is 30.8 Å². The van der Waals surface area contributed by atoms with Crippen molar-refractivity contribution in [3.63, 3.8) is 0 Å². The highest BCUT2D eigenvalue weighted by molar-refractivity contribution is 5.77. The first kappa shape index (κ1) is 16.1. The average Bonchev–Trinajstić information content (AvgIpc) is 3.14. The van der Waals surface area contributed by atoms with Crippen LogP contribution in [0, 0.1) is 13.8 Å². The van der Waals surface area contributed by atoms with Crippen LogP contribution in [0.2, 0.25) is 0 Å². The van der Waals surface area contributed by atoms with Gasteiger partial charge in [0.15, 0.2) is 0 Å². The van der Waals surface area contributed by atoms with E-state index >= 15 is 0 Å². The van der Waals surface area contributed by atoms with Crippen molar-refractivity contribution in [2.45, 2.75) is 26.4 Å². The number of aryl methyl sites for hydroxylation is 3. The van der Waals surface area contributed by atoms with Gasteiger partial charge in [-0.1, -0.05) is 30.3 Å². The third kappa shape index (κ3) is 3.25. The molecule has 5 heteroatoms. The number of rotatable bonds is 5. The second-order valence-electron chi connectivity index (χ2n) is 6.01. The molecular weight excluding hydrogens is 300 g/mol. The SMILES string of the molecule is Cc1ccc(C)n1CC(=O)N[C@@H](c1ccccc1)c1nccn1C. The van der Waals surface area contributed by atoms with Crippen molar-refractivity contribution >= 4 is 5.91 Å². The van der Waals surface area contributed by atoms with Crippen LogP contribution in [0.5, 0.6) is 0 Å². The number of nitrogens with zero attached hydrogens (tertiary/aromatic N) is 3. The smallest absolute Gasteiger partial charge is 0.240 e. The van der Waals surface area contributed by atoms with Crippen LogP contribution in [-0.4, -0.2) is 20.0 Å². The molecule has 0 aliphatic carbocycles. The number of hydrogen-bond donors (Lipinski definition) is 1. The minimum atomic E-state index is -0.269. The molecule has 2 aromatic heterocycles. The molecule has 0 aliphatic heterocycles. The zero-order chi connectivity index (χ0) is 17.1. The molecule has 0 radical (unpaired) electrons. The number of carbonyl (C=O) groups excluding carboxylic acids is 1. The molecule has 0 bridgehead atoms. The van der Waals surface area contributed by atoms with Crippen LogP contribution >= 0.6 is 0 Å². The fourth-order valence-corrected chi connectivity index (χ4v) is 2.90. The van der Waals surface area contributed by atoms with E-state index < -0.39 is 0 Å². The van der Waals surface area contributed by atoms with Crippen LogP contribution in [0.3, 0.4) is 0 Å². The fourth-order valence-electron chi connectivity index (χ4n) is 2.90. The molecule has 0 saturated carbocycles. The summed E-state index contributed by atoms with van der Waals surface area (Å²) < 4.78 is 3.94. The zero-order valence-electron chi connectivity index (χ0n) is 14.2. The summed E-state index contributed by atoms with van der Waals surface area (Å²) >= 11 is 0. The Hall–Kier alpha value is -2.82. The maximum absolute atomic E-state index is 12.6. The lowest BCUT2D eigenvalue weighted by molar-refractivity contribution is -0.122. The molecule has 1 atom stereocenters. The number of benzene rings is 1. The molecule has 1 N–H and O–H groups in total. The lowest BCUT2D eigenvalue weighted by atomic mass is 10.1. The first-order valence-electron chi connectivity index (χ1n) is 8.00. The average molecular weight is 322 g/mol. The molecule has 0 saturated heterocycles. The van der Waals surface area contributed by atoms with Crippen LogP contribution in [-0.2, 0) is 18.4 Å². The molecule has 3 rings (SSSR count). The highest BCUT2D eigenvalue weighted by Gasteiger charge is 2.21. The minimum Gasteiger partial charge on any atom is -0.341 e. The molecule has 2 heterocycles. The van der Waals surface area contributed by atoms with Gasteiger partial charge in [-0.05, 0) is 31.5 Å². The largest absolute Gasteiger partial charge is 0.341 e. The summed E-state index contributed by atoms with van der Waals surface area (Å²) in [4.78, 5) is 17.1. The Balaban J connectivity index is 1.85. The number of nitrogens with one attached hydrogen (secondary N) is 1. The first-order valence-corrected chi connectivity index (χ1v) is 8.00. The second kappa shape index (κ2) is 6.74. The Kier molecular flexibility index (Phi) is 4.51. The maximum Gasteiger partial charge on any atom is 0.240 e. The molecule has 0 spiro atoms. The van der Waals surface area contributed by atoms with E-state index in [-0.39, 0.29) is 11.9 Å². The third-order valence-electron chi connectivity index (χ3n) is 4.27. The van der Waals surface area contributed by atoms with Crippen molar-refractivity contribution in [2.75, 3.05) is 0 Å². The summed E-state index contributed by atoms with van der Waals surface area (Å²) in [5, 5.41) is 3.13. The van der Waals surface area contributed by atoms with Gasteiger partial charge in [0.2, 0.25) is 5.91 Å². The number of imidazole rings is 1. The molecular formula is C19H22N4O. The lowest BCUT2D eigenvalue weighted by Gasteiger charge is -2.20. The van der Waals surface area contributed by atoms with Gasteiger partial charge in [-0.3, -0.25) is 4.79 Å². The van der Waals surface area contributed by atoms with Crippen LogP contribution in [0.15, 0.2) is 54.9 Å². The van der Waals surface area contributed by atoms with Crippen molar-refractivity contribution < 1.29 is 4.79 Å². The van der Waals surface area contributed by atoms with Gasteiger partial charge in [0.25, 0.3) is 0 Å². The van der Waals surface area contributed by atoms with Crippen LogP contribution in [0.4, 0.5) is 0 Å². The molecule has 1 amide bonds. The summed E-state index contributed by atoms with van der Waals surface area (Å²) in [5.41, 5.74) is 3.17. The van der Waals surface area contributed by atoms with E-state index in [9.17, 15) is 4.79 Å². The molecule has 24 heavy (non-hydrogen) atoms. The van der Waals surface area contributed by atoms with Gasteiger partial charge in [-0.2, -0.15) is 0 Å². The Labute approximate surface area is 142 Å². The number of aromatic nitrogens is 3. The van der Waals surface area contributed by atoms with E-state index in [1.165, 1.54) is 0 Å². The van der Waals surface area contributed by atoms with Crippen molar-refractivity contribution in [3.05, 3.63) is 77.6 Å². The van der Waals surface area contributed by atoms with E-state index in [1.807, 2.05) is 78.7 Å². The van der Waals surface area contributed by atoms with Gasteiger partial charge in [-0.25, -0.2) is 4.98 Å². The fraction of sp³-hybridized carbons (Fsp3) is 0.263. The summed E-state index contributed by atoms with van der Waals surface area (Å²) in [6, 6.07) is 13.7. The normalized spacial score (nSPS) is 12.1. The summed E-state index contributed by atoms with van der Waals surface area (Å²) in [6.07, 6.45) is 3.63. The van der Waals surface area contributed by atoms with Gasteiger partial charge in [0.1, 0.15) is 18.4 Å². The number of carbonyl (C=O) groups is 1. The zero-order valence-corrected chi connectivity index (χ0v) is 14.2. The van der Waals surface area contributed by atoms with E-state index in [0.29, 0.717) is 6.54 Å². The molecule has 0 unspecified atom stereocenters. The number of hydrogen-bond acceptors (Lipinski definition) is 2. The summed E-state index contributed by atoms with van der Waals surface area (Å²) in [6.45, 7) is 4.32. The number of amides is 1. The predicted molar refractivity (Wildman–Crippen MR) is 93.5 cm³/mol. The van der Waals surface area contributed by atoms with Crippen molar-refractivity contribution in [1.29, 1.82) is 0 Å². The van der Waals surface area contributed by atoms with E-state index in [2.05, 4.69) is 10.3 Å². The summed E-state index contributed by atoms with van der Waals surface area (Å²) in [7, 11) is 1.94. The molecule has 0 aliphatic rings. The Morgan fingerprint density at radius 3 is 2.38 bits per heavy atom. The topological polar surface area (TPSA) is 51.9 Å². The quantitative estimate of drug-likeness (QED) is 0.785. The maximum atomic E-state index is 12.6. The van der Waals surface area contributed by atoms with E-state index in [4.69, 9.17) is 0 Å². The Morgan fingerprint density at radius 1 is 1.12 bits per heavy atom. The Bertz CT molecular complexity index is 813. The second-order valence-corrected chi connectivity index (χ2v) is 6.01. The van der Waals surface area contributed by atoms with Crippen LogP contribution in [0.25, 0.3) is 0 Å². The van der Waals surface area contributed by atoms with E-state index in [0.717, 1.165) is 22.8 Å². The molecule has 5 nitrogen and oxygen atoms in total. The van der Waals surface area contributed by atoms with Crippen molar-refractivity contribution in [2.24, 2.45) is 7.05 Å². The third-order valence-corrected chi connectivity index (χ3v) is 4.27. The van der Waals surface area contributed by atoms with Gasteiger partial charge < -0.3 is 14.5 Å². The highest BCUT2D eigenvalue weighted by atomic mass is 16.2. The van der Waals surface area contributed by atoms with Crippen LogP contribution in [0.1, 0.15) is 28.8 Å². The minimum absolute atomic E-state index is 0.0331. The summed E-state index contributed by atoms with van der Waals surface area (Å²) in [5.74, 6) is 0.782. The van der Waals surface area contributed by atoms with Crippen molar-refractivity contribution in [3.8, 4) is 0 Å². The molecule has 1 aromatic carbocycles. The lowest BCUT2D eigenvalue weighted by Crippen LogP contribution is -2.34. The first-order chi connectivity index (χ1) is 11.6. The predicted octanol–water partition coefficient (Wildman–Crippen LogP) is 2.74. The molecule has 124 valence electrons. The van der Waals surface area contributed by atoms with Crippen molar-refractivity contribution in [1.82, 2.24) is 19.4 Å². The van der Waals surface area contributed by atoms with E-state index in [1.54, 1.807) is 6.20 Å². The van der Waals surface area contributed by atoms with Gasteiger partial charge >= 0.3 is 0 Å². The van der Waals surface area contributed by atoms with Gasteiger partial charge in [0.05, 0.1) is 0 Å². The monoisotopic (exact) mass is 322 g/mol. The Morgan fingerprint density at radius 2 is 1.79 bits per heavy atom. The molecule has 0 fully saturated rings. The molecule has 3 aromatic rings. The standard InChI is InChI=1S/C19H22N4O/c1-14-9-10-15(2)23(14)13-17(24)21-18(16-7-5-4-6-8-16)19-20-11-12-22(19)3/h4-12,18H,13H2,1-3H3,(H,21,24)/t18-/m0/s1. The van der Waals surface area contributed by atoms with Crippen LogP contribution < -0.4 is 5.32 Å². The highest BCUT2D eigenvalue weighted by Crippen LogP contribution is 2.20. The van der Waals surface area contributed by atoms with Gasteiger partial charge in [-0.15, -0.1) is 0 Å².